The van der Waals surface area contributed by atoms with Gasteiger partial charge in [0.1, 0.15) is 12.6 Å². The molecule has 1 aromatic carbocycles. The average molecular weight is 358 g/mol. The van der Waals surface area contributed by atoms with E-state index < -0.39 is 12.1 Å². The summed E-state index contributed by atoms with van der Waals surface area (Å²) in [6.07, 6.45) is 3.76. The molecule has 7 heteroatoms. The van der Waals surface area contributed by atoms with E-state index in [4.69, 9.17) is 4.74 Å². The molecular weight excluding hydrogens is 332 g/mol. The quantitative estimate of drug-likeness (QED) is 0.674. The Morgan fingerprint density at radius 1 is 1.19 bits per heavy atom. The summed E-state index contributed by atoms with van der Waals surface area (Å²) in [6, 6.07) is 10.6. The molecule has 0 unspecified atom stereocenters. The Morgan fingerprint density at radius 2 is 1.96 bits per heavy atom. The van der Waals surface area contributed by atoms with Crippen molar-refractivity contribution < 1.29 is 14.3 Å². The number of rotatable bonds is 9. The average Bonchev–Trinajstić information content (AvgIpc) is 3.15. The lowest BCUT2D eigenvalue weighted by atomic mass is 10.0. The van der Waals surface area contributed by atoms with Crippen LogP contribution >= 0.6 is 0 Å². The van der Waals surface area contributed by atoms with Crippen LogP contribution in [0.4, 0.5) is 4.79 Å². The fourth-order valence-electron chi connectivity index (χ4n) is 2.42. The second kappa shape index (κ2) is 10.2. The highest BCUT2D eigenvalue weighted by Crippen LogP contribution is 2.05. The van der Waals surface area contributed by atoms with E-state index in [1.165, 1.54) is 0 Å². The molecule has 0 bridgehead atoms. The normalized spacial score (nSPS) is 11.8. The molecule has 2 N–H and O–H groups in total. The summed E-state index contributed by atoms with van der Waals surface area (Å²) in [7, 11) is 0. The van der Waals surface area contributed by atoms with Crippen molar-refractivity contribution in [3.63, 3.8) is 0 Å². The van der Waals surface area contributed by atoms with Gasteiger partial charge in [0.15, 0.2) is 0 Å². The number of aromatic nitrogens is 2. The van der Waals surface area contributed by atoms with Gasteiger partial charge in [-0.1, -0.05) is 44.2 Å². The van der Waals surface area contributed by atoms with Gasteiger partial charge in [0.05, 0.1) is 0 Å². The topological polar surface area (TPSA) is 85.2 Å². The number of carbonyl (C=O) groups is 2. The minimum atomic E-state index is -0.636. The van der Waals surface area contributed by atoms with Crippen molar-refractivity contribution in [1.29, 1.82) is 0 Å². The van der Waals surface area contributed by atoms with Gasteiger partial charge in [0.25, 0.3) is 0 Å². The van der Waals surface area contributed by atoms with E-state index in [2.05, 4.69) is 15.7 Å². The molecule has 1 heterocycles. The molecule has 1 atom stereocenters. The van der Waals surface area contributed by atoms with Gasteiger partial charge in [-0.05, 0) is 24.0 Å². The van der Waals surface area contributed by atoms with Crippen molar-refractivity contribution in [3.05, 3.63) is 54.4 Å². The lowest BCUT2D eigenvalue weighted by Gasteiger charge is -2.21. The molecule has 0 radical (unpaired) electrons. The smallest absolute Gasteiger partial charge is 0.408 e. The number of benzene rings is 1. The van der Waals surface area contributed by atoms with Crippen LogP contribution in [-0.4, -0.2) is 34.4 Å². The molecule has 2 rings (SSSR count). The number of alkyl carbamates (subject to hydrolysis) is 1. The first-order valence-corrected chi connectivity index (χ1v) is 8.78. The molecule has 0 spiro atoms. The molecule has 0 saturated heterocycles. The minimum absolute atomic E-state index is 0.0506. The van der Waals surface area contributed by atoms with E-state index in [0.29, 0.717) is 6.54 Å². The first kappa shape index (κ1) is 19.5. The van der Waals surface area contributed by atoms with Crippen molar-refractivity contribution >= 4 is 12.0 Å². The van der Waals surface area contributed by atoms with Crippen LogP contribution in [0.15, 0.2) is 48.8 Å². The maximum atomic E-state index is 12.4. The number of ether oxygens (including phenoxy) is 1. The second-order valence-electron chi connectivity index (χ2n) is 6.34. The summed E-state index contributed by atoms with van der Waals surface area (Å²) in [5, 5.41) is 9.62. The van der Waals surface area contributed by atoms with Crippen molar-refractivity contribution in [2.45, 2.75) is 39.5 Å². The standard InChI is InChI=1S/C19H26N4O3/c1-15(2)17(18(24)20-10-6-12-23-13-7-11-21-23)22-19(25)26-14-16-8-4-3-5-9-16/h3-5,7-9,11,13,15,17H,6,10,12,14H2,1-2H3,(H,20,24)(H,22,25)/t17-/m1/s1. The van der Waals surface area contributed by atoms with Gasteiger partial charge >= 0.3 is 6.09 Å². The molecule has 1 aromatic heterocycles. The van der Waals surface area contributed by atoms with Crippen molar-refractivity contribution in [2.24, 2.45) is 5.92 Å². The van der Waals surface area contributed by atoms with Crippen LogP contribution in [-0.2, 0) is 22.7 Å². The van der Waals surface area contributed by atoms with E-state index in [0.717, 1.165) is 18.5 Å². The zero-order valence-corrected chi connectivity index (χ0v) is 15.2. The van der Waals surface area contributed by atoms with Crippen molar-refractivity contribution in [3.8, 4) is 0 Å². The Balaban J connectivity index is 1.73. The summed E-state index contributed by atoms with van der Waals surface area (Å²) < 4.78 is 7.00. The number of nitrogens with one attached hydrogen (secondary N) is 2. The Bertz CT molecular complexity index is 671. The Kier molecular flexibility index (Phi) is 7.67. The predicted molar refractivity (Wildman–Crippen MR) is 98.2 cm³/mol. The molecule has 7 nitrogen and oxygen atoms in total. The molecule has 2 aromatic rings. The van der Waals surface area contributed by atoms with Crippen LogP contribution in [0.5, 0.6) is 0 Å². The number of nitrogens with zero attached hydrogens (tertiary/aromatic N) is 2. The summed E-state index contributed by atoms with van der Waals surface area (Å²) in [6.45, 7) is 5.18. The molecule has 0 aliphatic carbocycles. The summed E-state index contributed by atoms with van der Waals surface area (Å²) in [5.41, 5.74) is 0.895. The monoisotopic (exact) mass is 358 g/mol. The molecule has 0 aliphatic heterocycles. The highest BCUT2D eigenvalue weighted by Gasteiger charge is 2.24. The lowest BCUT2D eigenvalue weighted by Crippen LogP contribution is -2.50. The molecule has 0 fully saturated rings. The maximum absolute atomic E-state index is 12.4. The minimum Gasteiger partial charge on any atom is -0.445 e. The second-order valence-corrected chi connectivity index (χ2v) is 6.34. The van der Waals surface area contributed by atoms with Crippen LogP contribution < -0.4 is 10.6 Å². The molecule has 2 amide bonds. The van der Waals surface area contributed by atoms with Crippen LogP contribution in [0.2, 0.25) is 0 Å². The third-order valence-electron chi connectivity index (χ3n) is 3.86. The molecule has 140 valence electrons. The van der Waals surface area contributed by atoms with Crippen LogP contribution in [0, 0.1) is 5.92 Å². The summed E-state index contributed by atoms with van der Waals surface area (Å²) >= 11 is 0. The van der Waals surface area contributed by atoms with Gasteiger partial charge in [-0.25, -0.2) is 4.79 Å². The van der Waals surface area contributed by atoms with E-state index in [1.54, 1.807) is 6.20 Å². The van der Waals surface area contributed by atoms with Gasteiger partial charge in [-0.2, -0.15) is 5.10 Å². The van der Waals surface area contributed by atoms with Crippen LogP contribution in [0.3, 0.4) is 0 Å². The van der Waals surface area contributed by atoms with E-state index in [-0.39, 0.29) is 18.4 Å². The number of amides is 2. The largest absolute Gasteiger partial charge is 0.445 e. The maximum Gasteiger partial charge on any atom is 0.408 e. The van der Waals surface area contributed by atoms with Gasteiger partial charge < -0.3 is 15.4 Å². The summed E-state index contributed by atoms with van der Waals surface area (Å²) in [5.74, 6) is -0.262. The van der Waals surface area contributed by atoms with Gasteiger partial charge in [-0.15, -0.1) is 0 Å². The molecule has 0 aliphatic rings. The van der Waals surface area contributed by atoms with Gasteiger partial charge in [0, 0.05) is 25.5 Å². The van der Waals surface area contributed by atoms with Gasteiger partial charge in [0.2, 0.25) is 5.91 Å². The fraction of sp³-hybridized carbons (Fsp3) is 0.421. The fourth-order valence-corrected chi connectivity index (χ4v) is 2.42. The van der Waals surface area contributed by atoms with Gasteiger partial charge in [-0.3, -0.25) is 9.48 Å². The van der Waals surface area contributed by atoms with Crippen LogP contribution in [0.1, 0.15) is 25.8 Å². The molecule has 0 saturated carbocycles. The highest BCUT2D eigenvalue weighted by molar-refractivity contribution is 5.85. The Labute approximate surface area is 153 Å². The number of hydrogen-bond acceptors (Lipinski definition) is 4. The summed E-state index contributed by atoms with van der Waals surface area (Å²) in [4.78, 5) is 24.3. The zero-order valence-electron chi connectivity index (χ0n) is 15.2. The Hall–Kier alpha value is -2.83. The first-order valence-electron chi connectivity index (χ1n) is 8.78. The third-order valence-corrected chi connectivity index (χ3v) is 3.86. The number of aryl methyl sites for hydroxylation is 1. The highest BCUT2D eigenvalue weighted by atomic mass is 16.5. The number of hydrogen-bond donors (Lipinski definition) is 2. The SMILES string of the molecule is CC(C)[C@@H](NC(=O)OCc1ccccc1)C(=O)NCCCn1cccn1. The molecule has 26 heavy (non-hydrogen) atoms. The molecular formula is C19H26N4O3. The van der Waals surface area contributed by atoms with E-state index in [1.807, 2.05) is 61.1 Å². The zero-order chi connectivity index (χ0) is 18.8. The van der Waals surface area contributed by atoms with Crippen molar-refractivity contribution in [2.75, 3.05) is 6.54 Å². The van der Waals surface area contributed by atoms with E-state index in [9.17, 15) is 9.59 Å². The predicted octanol–water partition coefficient (Wildman–Crippen LogP) is 2.34. The first-order chi connectivity index (χ1) is 12.6. The lowest BCUT2D eigenvalue weighted by molar-refractivity contribution is -0.124. The third kappa shape index (κ3) is 6.58. The van der Waals surface area contributed by atoms with Crippen molar-refractivity contribution in [1.82, 2.24) is 20.4 Å². The van der Waals surface area contributed by atoms with Crippen LogP contribution in [0.25, 0.3) is 0 Å². The number of carbonyl (C=O) groups excluding carboxylic acids is 2. The Morgan fingerprint density at radius 3 is 2.62 bits per heavy atom. The van der Waals surface area contributed by atoms with E-state index >= 15 is 0 Å².